The molecule has 1 aliphatic rings. The van der Waals surface area contributed by atoms with Gasteiger partial charge < -0.3 is 10.6 Å². The van der Waals surface area contributed by atoms with Gasteiger partial charge in [0.1, 0.15) is 5.82 Å². The molecule has 0 radical (unpaired) electrons. The Morgan fingerprint density at radius 2 is 1.86 bits per heavy atom. The van der Waals surface area contributed by atoms with Gasteiger partial charge in [0.2, 0.25) is 5.91 Å². The zero-order valence-electron chi connectivity index (χ0n) is 20.1. The summed E-state index contributed by atoms with van der Waals surface area (Å²) >= 11 is 0. The summed E-state index contributed by atoms with van der Waals surface area (Å²) in [5, 5.41) is 13.6. The molecule has 2 amide bonds. The van der Waals surface area contributed by atoms with Gasteiger partial charge in [-0.3, -0.25) is 14.6 Å². The van der Waals surface area contributed by atoms with Crippen LogP contribution in [-0.4, -0.2) is 46.7 Å². The summed E-state index contributed by atoms with van der Waals surface area (Å²) in [4.78, 5) is 42.5. The normalized spacial score (nSPS) is 13.0. The van der Waals surface area contributed by atoms with Crippen LogP contribution in [0.15, 0.2) is 49.1 Å². The molecule has 1 aliphatic carbocycles. The molecule has 4 aromatic rings. The minimum absolute atomic E-state index is 0.0124. The number of anilines is 2. The van der Waals surface area contributed by atoms with Crippen molar-refractivity contribution in [2.75, 3.05) is 10.6 Å². The second kappa shape index (κ2) is 9.61. The highest BCUT2D eigenvalue weighted by atomic mass is 16.2. The van der Waals surface area contributed by atoms with Crippen molar-refractivity contribution in [2.24, 2.45) is 5.92 Å². The number of rotatable bonds is 7. The minimum atomic E-state index is -0.376. The molecule has 1 fully saturated rings. The molecule has 0 saturated heterocycles. The fourth-order valence-corrected chi connectivity index (χ4v) is 3.55. The fraction of sp³-hybridized carbons (Fsp3) is 0.280. The lowest BCUT2D eigenvalue weighted by Crippen LogP contribution is -2.14. The van der Waals surface area contributed by atoms with E-state index in [4.69, 9.17) is 4.98 Å². The van der Waals surface area contributed by atoms with Crippen molar-refractivity contribution in [3.63, 3.8) is 0 Å². The number of amides is 2. The van der Waals surface area contributed by atoms with Crippen molar-refractivity contribution >= 4 is 23.3 Å². The van der Waals surface area contributed by atoms with E-state index < -0.39 is 0 Å². The first-order chi connectivity index (χ1) is 17.4. The van der Waals surface area contributed by atoms with Crippen molar-refractivity contribution in [3.8, 4) is 22.6 Å². The molecular formula is C25H25N9O2. The van der Waals surface area contributed by atoms with Gasteiger partial charge in [0.15, 0.2) is 11.5 Å². The molecule has 5 rings (SSSR count). The molecule has 0 atom stereocenters. The predicted octanol–water partition coefficient (Wildman–Crippen LogP) is 3.68. The maximum absolute atomic E-state index is 12.7. The maximum Gasteiger partial charge on any atom is 0.277 e. The Labute approximate surface area is 207 Å². The summed E-state index contributed by atoms with van der Waals surface area (Å²) < 4.78 is 1.62. The molecule has 4 heterocycles. The van der Waals surface area contributed by atoms with Gasteiger partial charge in [-0.1, -0.05) is 5.21 Å². The first kappa shape index (κ1) is 23.2. The highest BCUT2D eigenvalue weighted by Gasteiger charge is 2.29. The van der Waals surface area contributed by atoms with Crippen LogP contribution in [0.4, 0.5) is 11.5 Å². The van der Waals surface area contributed by atoms with Gasteiger partial charge in [0, 0.05) is 41.2 Å². The maximum atomic E-state index is 12.7. The van der Waals surface area contributed by atoms with E-state index in [1.807, 2.05) is 26.8 Å². The van der Waals surface area contributed by atoms with Crippen molar-refractivity contribution in [3.05, 3.63) is 60.4 Å². The molecule has 0 unspecified atom stereocenters. The number of aryl methyl sites for hydroxylation is 1. The van der Waals surface area contributed by atoms with E-state index in [-0.39, 0.29) is 29.5 Å². The Hall–Kier alpha value is -4.54. The number of carbonyl (C=O) groups is 2. The van der Waals surface area contributed by atoms with Gasteiger partial charge >= 0.3 is 0 Å². The number of hydrogen-bond donors (Lipinski definition) is 2. The molecule has 36 heavy (non-hydrogen) atoms. The van der Waals surface area contributed by atoms with Crippen LogP contribution < -0.4 is 10.6 Å². The summed E-state index contributed by atoms with van der Waals surface area (Å²) in [6, 6.07) is 7.24. The summed E-state index contributed by atoms with van der Waals surface area (Å²) in [6.45, 7) is 5.79. The van der Waals surface area contributed by atoms with Gasteiger partial charge in [-0.15, -0.1) is 5.10 Å². The van der Waals surface area contributed by atoms with Crippen molar-refractivity contribution in [2.45, 2.75) is 39.7 Å². The second-order valence-electron chi connectivity index (χ2n) is 8.95. The lowest BCUT2D eigenvalue weighted by atomic mass is 10.1. The van der Waals surface area contributed by atoms with Crippen LogP contribution in [0, 0.1) is 12.8 Å². The molecule has 1 saturated carbocycles. The van der Waals surface area contributed by atoms with Crippen LogP contribution in [-0.2, 0) is 4.79 Å². The van der Waals surface area contributed by atoms with Gasteiger partial charge in [0.25, 0.3) is 5.91 Å². The molecule has 2 N–H and O–H groups in total. The van der Waals surface area contributed by atoms with Gasteiger partial charge in [-0.25, -0.2) is 19.6 Å². The minimum Gasteiger partial charge on any atom is -0.319 e. The smallest absolute Gasteiger partial charge is 0.277 e. The largest absolute Gasteiger partial charge is 0.319 e. The van der Waals surface area contributed by atoms with Gasteiger partial charge in [0.05, 0.1) is 23.8 Å². The molecule has 0 spiro atoms. The van der Waals surface area contributed by atoms with Crippen molar-refractivity contribution in [1.29, 1.82) is 0 Å². The van der Waals surface area contributed by atoms with Crippen molar-refractivity contribution in [1.82, 2.24) is 34.9 Å². The van der Waals surface area contributed by atoms with E-state index in [0.29, 0.717) is 23.0 Å². The molecule has 11 nitrogen and oxygen atoms in total. The van der Waals surface area contributed by atoms with Gasteiger partial charge in [-0.2, -0.15) is 0 Å². The summed E-state index contributed by atoms with van der Waals surface area (Å²) in [5.74, 6) is 0.646. The van der Waals surface area contributed by atoms with E-state index in [2.05, 4.69) is 35.9 Å². The number of nitrogens with one attached hydrogen (secondary N) is 2. The molecular weight excluding hydrogens is 458 g/mol. The Morgan fingerprint density at radius 1 is 1.06 bits per heavy atom. The van der Waals surface area contributed by atoms with Crippen LogP contribution in [0.2, 0.25) is 0 Å². The zero-order chi connectivity index (χ0) is 25.2. The Morgan fingerprint density at radius 3 is 2.61 bits per heavy atom. The Balaban J connectivity index is 1.38. The highest BCUT2D eigenvalue weighted by molar-refractivity contribution is 6.02. The van der Waals surface area contributed by atoms with Crippen LogP contribution in [0.3, 0.4) is 0 Å². The zero-order valence-corrected chi connectivity index (χ0v) is 20.1. The van der Waals surface area contributed by atoms with E-state index in [1.165, 1.54) is 0 Å². The average Bonchev–Trinajstić information content (AvgIpc) is 3.61. The molecule has 4 aromatic heterocycles. The van der Waals surface area contributed by atoms with Crippen LogP contribution in [0.5, 0.6) is 0 Å². The summed E-state index contributed by atoms with van der Waals surface area (Å²) in [5.41, 5.74) is 3.59. The molecule has 0 aliphatic heterocycles. The third kappa shape index (κ3) is 5.09. The van der Waals surface area contributed by atoms with Crippen molar-refractivity contribution < 1.29 is 9.59 Å². The molecule has 182 valence electrons. The van der Waals surface area contributed by atoms with E-state index in [0.717, 1.165) is 29.7 Å². The monoisotopic (exact) mass is 483 g/mol. The SMILES string of the molecule is Cc1ncc(NC(=O)c2cn(C(C)C)nn2)cc1-c1ccnc(-c2ccnc(NC(=O)C3CC3)c2)n1. The van der Waals surface area contributed by atoms with Crippen LogP contribution >= 0.6 is 0 Å². The van der Waals surface area contributed by atoms with Crippen LogP contribution in [0.25, 0.3) is 22.6 Å². The summed E-state index contributed by atoms with van der Waals surface area (Å²) in [6.07, 6.45) is 8.31. The summed E-state index contributed by atoms with van der Waals surface area (Å²) in [7, 11) is 0. The lowest BCUT2D eigenvalue weighted by Gasteiger charge is -2.10. The topological polar surface area (TPSA) is 140 Å². The Kier molecular flexibility index (Phi) is 6.19. The first-order valence-electron chi connectivity index (χ1n) is 11.7. The molecule has 0 aromatic carbocycles. The quantitative estimate of drug-likeness (QED) is 0.406. The molecule has 11 heteroatoms. The standard InChI is InChI=1S/C25H25N9O2/c1-14(2)34-13-21(32-33-34)25(36)29-18-11-19(15(3)28-12-18)20-7-9-27-23(30-20)17-6-8-26-22(10-17)31-24(35)16-4-5-16/h6-14,16H,4-5H2,1-3H3,(H,29,36)(H,26,31,35). The predicted molar refractivity (Wildman–Crippen MR) is 133 cm³/mol. The first-order valence-corrected chi connectivity index (χ1v) is 11.7. The van der Waals surface area contributed by atoms with Gasteiger partial charge in [-0.05, 0) is 57.9 Å². The third-order valence-corrected chi connectivity index (χ3v) is 5.77. The van der Waals surface area contributed by atoms with E-state index in [9.17, 15) is 9.59 Å². The number of nitrogens with zero attached hydrogens (tertiary/aromatic N) is 7. The Bertz CT molecular complexity index is 1440. The second-order valence-corrected chi connectivity index (χ2v) is 8.95. The van der Waals surface area contributed by atoms with E-state index >= 15 is 0 Å². The molecule has 0 bridgehead atoms. The number of hydrogen-bond acceptors (Lipinski definition) is 8. The highest BCUT2D eigenvalue weighted by Crippen LogP contribution is 2.30. The number of pyridine rings is 2. The van der Waals surface area contributed by atoms with Crippen LogP contribution in [0.1, 0.15) is 48.9 Å². The van der Waals surface area contributed by atoms with E-state index in [1.54, 1.807) is 47.7 Å². The third-order valence-electron chi connectivity index (χ3n) is 5.77. The number of aromatic nitrogens is 7. The average molecular weight is 484 g/mol. The number of carbonyl (C=O) groups excluding carboxylic acids is 2. The fourth-order valence-electron chi connectivity index (χ4n) is 3.55. The lowest BCUT2D eigenvalue weighted by molar-refractivity contribution is -0.117.